The van der Waals surface area contributed by atoms with E-state index >= 15 is 0 Å². The Morgan fingerprint density at radius 1 is 1.30 bits per heavy atom. The van der Waals surface area contributed by atoms with Gasteiger partial charge < -0.3 is 15.6 Å². The minimum Gasteiger partial charge on any atom is -0.487 e. The third kappa shape index (κ3) is 2.87. The second-order valence-corrected chi connectivity index (χ2v) is 4.12. The number of nitrogens with zero attached hydrogens (tertiary/aromatic N) is 1. The molecule has 0 atom stereocenters. The number of rotatable bonds is 4. The zero-order valence-electron chi connectivity index (χ0n) is 10.5. The minimum atomic E-state index is -1.05. The van der Waals surface area contributed by atoms with Crippen LogP contribution in [0.15, 0.2) is 42.5 Å². The molecule has 0 amide bonds. The van der Waals surface area contributed by atoms with Gasteiger partial charge in [0.1, 0.15) is 12.4 Å². The molecule has 5 nitrogen and oxygen atoms in total. The Kier molecular flexibility index (Phi) is 3.87. The van der Waals surface area contributed by atoms with Crippen LogP contribution in [-0.4, -0.2) is 11.1 Å². The van der Waals surface area contributed by atoms with Crippen molar-refractivity contribution in [1.29, 1.82) is 5.26 Å². The van der Waals surface area contributed by atoms with Crippen LogP contribution >= 0.6 is 0 Å². The molecule has 0 bridgehead atoms. The van der Waals surface area contributed by atoms with Gasteiger partial charge in [-0.1, -0.05) is 18.2 Å². The van der Waals surface area contributed by atoms with E-state index < -0.39 is 5.97 Å². The lowest BCUT2D eigenvalue weighted by atomic mass is 10.1. The summed E-state index contributed by atoms with van der Waals surface area (Å²) in [4.78, 5) is 10.9. The Morgan fingerprint density at radius 3 is 2.75 bits per heavy atom. The van der Waals surface area contributed by atoms with Crippen molar-refractivity contribution in [3.05, 3.63) is 59.2 Å². The van der Waals surface area contributed by atoms with Gasteiger partial charge in [0.15, 0.2) is 0 Å². The molecule has 0 saturated carbocycles. The van der Waals surface area contributed by atoms with Gasteiger partial charge in [0.05, 0.1) is 22.9 Å². The summed E-state index contributed by atoms with van der Waals surface area (Å²) in [6.45, 7) is 0.150. The summed E-state index contributed by atoms with van der Waals surface area (Å²) in [5, 5.41) is 17.9. The van der Waals surface area contributed by atoms with Gasteiger partial charge in [-0.2, -0.15) is 5.26 Å². The average molecular weight is 268 g/mol. The van der Waals surface area contributed by atoms with Crippen LogP contribution < -0.4 is 10.5 Å². The minimum absolute atomic E-state index is 0.0998. The van der Waals surface area contributed by atoms with E-state index in [4.69, 9.17) is 20.8 Å². The normalized spacial score (nSPS) is 9.75. The van der Waals surface area contributed by atoms with Gasteiger partial charge in [-0.15, -0.1) is 0 Å². The quantitative estimate of drug-likeness (QED) is 0.830. The first-order valence-electron chi connectivity index (χ1n) is 5.85. The van der Waals surface area contributed by atoms with E-state index in [1.165, 1.54) is 18.2 Å². The Morgan fingerprint density at radius 2 is 2.05 bits per heavy atom. The Labute approximate surface area is 115 Å². The molecule has 2 aromatic carbocycles. The zero-order valence-corrected chi connectivity index (χ0v) is 10.5. The van der Waals surface area contributed by atoms with Crippen LogP contribution in [0.3, 0.4) is 0 Å². The van der Waals surface area contributed by atoms with Crippen molar-refractivity contribution in [1.82, 2.24) is 0 Å². The number of nitrogens with two attached hydrogens (primary N) is 1. The number of aromatic carboxylic acids is 1. The average Bonchev–Trinajstić information content (AvgIpc) is 2.46. The maximum Gasteiger partial charge on any atom is 0.335 e. The van der Waals surface area contributed by atoms with E-state index in [1.54, 1.807) is 24.3 Å². The highest BCUT2D eigenvalue weighted by Gasteiger charge is 2.09. The molecular weight excluding hydrogens is 256 g/mol. The lowest BCUT2D eigenvalue weighted by Crippen LogP contribution is -2.03. The molecule has 2 rings (SSSR count). The van der Waals surface area contributed by atoms with Crippen LogP contribution in [-0.2, 0) is 6.61 Å². The number of hydrogen-bond acceptors (Lipinski definition) is 4. The molecule has 20 heavy (non-hydrogen) atoms. The predicted octanol–water partition coefficient (Wildman–Crippen LogP) is 2.42. The van der Waals surface area contributed by atoms with Gasteiger partial charge >= 0.3 is 5.97 Å². The van der Waals surface area contributed by atoms with E-state index in [9.17, 15) is 4.79 Å². The fraction of sp³-hybridized carbons (Fsp3) is 0.0667. The molecule has 5 heteroatoms. The molecule has 0 aliphatic carbocycles. The highest BCUT2D eigenvalue weighted by atomic mass is 16.5. The summed E-state index contributed by atoms with van der Waals surface area (Å²) in [5.41, 5.74) is 7.42. The molecule has 100 valence electrons. The van der Waals surface area contributed by atoms with Crippen LogP contribution in [0.5, 0.6) is 5.75 Å². The predicted molar refractivity (Wildman–Crippen MR) is 73.3 cm³/mol. The number of anilines is 1. The third-order valence-electron chi connectivity index (χ3n) is 2.78. The molecule has 0 aliphatic heterocycles. The van der Waals surface area contributed by atoms with E-state index in [0.717, 1.165) is 5.56 Å². The van der Waals surface area contributed by atoms with Crippen LogP contribution in [0, 0.1) is 11.3 Å². The van der Waals surface area contributed by atoms with Crippen molar-refractivity contribution in [3.63, 3.8) is 0 Å². The van der Waals surface area contributed by atoms with Crippen LogP contribution in [0.1, 0.15) is 21.5 Å². The number of benzene rings is 2. The molecule has 0 aliphatic rings. The molecular formula is C15H12N2O3. The maximum absolute atomic E-state index is 10.9. The highest BCUT2D eigenvalue weighted by molar-refractivity contribution is 5.89. The van der Waals surface area contributed by atoms with Gasteiger partial charge in [0.25, 0.3) is 0 Å². The number of carbonyl (C=O) groups is 1. The van der Waals surface area contributed by atoms with Gasteiger partial charge in [0, 0.05) is 5.56 Å². The molecule has 0 spiro atoms. The van der Waals surface area contributed by atoms with Gasteiger partial charge in [-0.3, -0.25) is 0 Å². The first-order valence-corrected chi connectivity index (χ1v) is 5.85. The Hall–Kier alpha value is -3.00. The number of nitrogen functional groups attached to an aromatic ring is 1. The topological polar surface area (TPSA) is 96.3 Å². The number of nitriles is 1. The third-order valence-corrected chi connectivity index (χ3v) is 2.78. The number of ether oxygens (including phenoxy) is 1. The SMILES string of the molecule is N#Cc1ccccc1COc1cc(C(=O)O)ccc1N. The van der Waals surface area contributed by atoms with Gasteiger partial charge in [-0.25, -0.2) is 4.79 Å². The Balaban J connectivity index is 2.21. The van der Waals surface area contributed by atoms with Gasteiger partial charge in [0.2, 0.25) is 0 Å². The maximum atomic E-state index is 10.9. The summed E-state index contributed by atoms with van der Waals surface area (Å²) >= 11 is 0. The molecule has 0 saturated heterocycles. The van der Waals surface area contributed by atoms with Crippen molar-refractivity contribution < 1.29 is 14.6 Å². The molecule has 2 aromatic rings. The van der Waals surface area contributed by atoms with Crippen molar-refractivity contribution in [2.24, 2.45) is 0 Å². The number of carboxylic acids is 1. The molecule has 3 N–H and O–H groups in total. The van der Waals surface area contributed by atoms with Crippen molar-refractivity contribution in [2.45, 2.75) is 6.61 Å². The van der Waals surface area contributed by atoms with Crippen LogP contribution in [0.2, 0.25) is 0 Å². The molecule has 0 fully saturated rings. The fourth-order valence-corrected chi connectivity index (χ4v) is 1.70. The van der Waals surface area contributed by atoms with Crippen molar-refractivity contribution >= 4 is 11.7 Å². The molecule has 0 heterocycles. The summed E-state index contributed by atoms with van der Waals surface area (Å²) in [7, 11) is 0. The number of carboxylic acid groups (broad SMARTS) is 1. The van der Waals surface area contributed by atoms with E-state index in [0.29, 0.717) is 11.3 Å². The van der Waals surface area contributed by atoms with Crippen LogP contribution in [0.25, 0.3) is 0 Å². The highest BCUT2D eigenvalue weighted by Crippen LogP contribution is 2.24. The summed E-state index contributed by atoms with van der Waals surface area (Å²) in [6, 6.07) is 13.4. The number of hydrogen-bond donors (Lipinski definition) is 2. The first-order chi connectivity index (χ1) is 9.61. The van der Waals surface area contributed by atoms with E-state index in [1.807, 2.05) is 0 Å². The zero-order chi connectivity index (χ0) is 14.5. The monoisotopic (exact) mass is 268 g/mol. The van der Waals surface area contributed by atoms with E-state index in [2.05, 4.69) is 6.07 Å². The summed E-state index contributed by atoms with van der Waals surface area (Å²) < 4.78 is 5.52. The largest absolute Gasteiger partial charge is 0.487 e. The molecule has 0 radical (unpaired) electrons. The standard InChI is InChI=1S/C15H12N2O3/c16-8-11-3-1-2-4-12(11)9-20-14-7-10(15(18)19)5-6-13(14)17/h1-7H,9,17H2,(H,18,19). The van der Waals surface area contributed by atoms with Crippen molar-refractivity contribution in [2.75, 3.05) is 5.73 Å². The summed E-state index contributed by atoms with van der Waals surface area (Å²) in [6.07, 6.45) is 0. The van der Waals surface area contributed by atoms with Crippen LogP contribution in [0.4, 0.5) is 5.69 Å². The second kappa shape index (κ2) is 5.76. The summed E-state index contributed by atoms with van der Waals surface area (Å²) in [5.74, 6) is -0.759. The molecule has 0 unspecified atom stereocenters. The first kappa shape index (κ1) is 13.4. The molecule has 0 aromatic heterocycles. The van der Waals surface area contributed by atoms with Gasteiger partial charge in [-0.05, 0) is 24.3 Å². The smallest absolute Gasteiger partial charge is 0.335 e. The second-order valence-electron chi connectivity index (χ2n) is 4.12. The lowest BCUT2D eigenvalue weighted by Gasteiger charge is -2.10. The lowest BCUT2D eigenvalue weighted by molar-refractivity contribution is 0.0696. The van der Waals surface area contributed by atoms with Crippen molar-refractivity contribution in [3.8, 4) is 11.8 Å². The fourth-order valence-electron chi connectivity index (χ4n) is 1.70. The Bertz CT molecular complexity index is 690. The van der Waals surface area contributed by atoms with E-state index in [-0.39, 0.29) is 17.9 Å².